The predicted octanol–water partition coefficient (Wildman–Crippen LogP) is 4.48. The van der Waals surface area contributed by atoms with Gasteiger partial charge in [0, 0.05) is 17.6 Å². The first kappa shape index (κ1) is 17.1. The number of methoxy groups -OCH3 is 1. The van der Waals surface area contributed by atoms with Gasteiger partial charge in [-0.05, 0) is 67.4 Å². The molecule has 0 aliphatic carbocycles. The number of hydrogen-bond donors (Lipinski definition) is 1. The normalized spacial score (nSPS) is 15.6. The number of nitrogens with one attached hydrogen (secondary N) is 1. The van der Waals surface area contributed by atoms with Crippen LogP contribution in [0.25, 0.3) is 0 Å². The van der Waals surface area contributed by atoms with Gasteiger partial charge in [-0.25, -0.2) is 0 Å². The van der Waals surface area contributed by atoms with Crippen molar-refractivity contribution < 1.29 is 9.53 Å². The van der Waals surface area contributed by atoms with Crippen LogP contribution in [0.3, 0.4) is 0 Å². The third kappa shape index (κ3) is 2.91. The van der Waals surface area contributed by atoms with E-state index in [0.717, 1.165) is 28.4 Å². The summed E-state index contributed by atoms with van der Waals surface area (Å²) in [5.74, 6) is 0.686. The van der Waals surface area contributed by atoms with Gasteiger partial charge >= 0.3 is 0 Å². The maximum Gasteiger partial charge on any atom is 0.262 e. The molecule has 0 radical (unpaired) electrons. The number of aryl methyl sites for hydroxylation is 1. The van der Waals surface area contributed by atoms with Crippen molar-refractivity contribution in [1.82, 2.24) is 4.98 Å². The number of hydrogen-bond acceptors (Lipinski definition) is 4. The SMILES string of the molecule is COc1ccc(N2C(=O)c3cccnc3C2Nc2cccc(C)c2C)cc1. The summed E-state index contributed by atoms with van der Waals surface area (Å²) in [5.41, 5.74) is 5.49. The van der Waals surface area contributed by atoms with Crippen LogP contribution in [0, 0.1) is 13.8 Å². The van der Waals surface area contributed by atoms with Crippen LogP contribution < -0.4 is 15.0 Å². The molecule has 4 rings (SSSR count). The molecule has 1 unspecified atom stereocenters. The lowest BCUT2D eigenvalue weighted by molar-refractivity contribution is 0.0993. The predicted molar refractivity (Wildman–Crippen MR) is 106 cm³/mol. The Labute approximate surface area is 158 Å². The van der Waals surface area contributed by atoms with Gasteiger partial charge in [-0.1, -0.05) is 12.1 Å². The van der Waals surface area contributed by atoms with E-state index in [-0.39, 0.29) is 12.1 Å². The van der Waals surface area contributed by atoms with Gasteiger partial charge in [0.25, 0.3) is 5.91 Å². The molecule has 0 saturated heterocycles. The Morgan fingerprint density at radius 2 is 1.81 bits per heavy atom. The van der Waals surface area contributed by atoms with E-state index in [0.29, 0.717) is 5.56 Å². The van der Waals surface area contributed by atoms with E-state index >= 15 is 0 Å². The van der Waals surface area contributed by atoms with E-state index in [1.54, 1.807) is 24.3 Å². The van der Waals surface area contributed by atoms with Crippen molar-refractivity contribution in [3.05, 3.63) is 83.2 Å². The number of fused-ring (bicyclic) bond motifs is 1. The summed E-state index contributed by atoms with van der Waals surface area (Å²) in [6.45, 7) is 4.15. The Balaban J connectivity index is 1.78. The monoisotopic (exact) mass is 359 g/mol. The number of pyridine rings is 1. The van der Waals surface area contributed by atoms with Crippen LogP contribution in [0.4, 0.5) is 11.4 Å². The number of rotatable bonds is 4. The fourth-order valence-corrected chi connectivity index (χ4v) is 3.38. The minimum atomic E-state index is -0.373. The highest BCUT2D eigenvalue weighted by molar-refractivity contribution is 6.11. The molecule has 1 aromatic heterocycles. The minimum Gasteiger partial charge on any atom is -0.497 e. The molecule has 0 bridgehead atoms. The van der Waals surface area contributed by atoms with Gasteiger partial charge in [0.15, 0.2) is 6.17 Å². The number of aromatic nitrogens is 1. The van der Waals surface area contributed by atoms with Gasteiger partial charge < -0.3 is 10.1 Å². The van der Waals surface area contributed by atoms with Crippen molar-refractivity contribution in [1.29, 1.82) is 0 Å². The van der Waals surface area contributed by atoms with Crippen molar-refractivity contribution in [3.8, 4) is 5.75 Å². The molecule has 2 aromatic carbocycles. The zero-order valence-electron chi connectivity index (χ0n) is 15.6. The van der Waals surface area contributed by atoms with E-state index in [9.17, 15) is 4.79 Å². The maximum atomic E-state index is 13.1. The first-order valence-electron chi connectivity index (χ1n) is 8.85. The highest BCUT2D eigenvalue weighted by Crippen LogP contribution is 2.38. The fraction of sp³-hybridized carbons (Fsp3) is 0.182. The van der Waals surface area contributed by atoms with Crippen LogP contribution in [-0.2, 0) is 0 Å². The number of carbonyl (C=O) groups is 1. The summed E-state index contributed by atoms with van der Waals surface area (Å²) in [6, 6.07) is 17.2. The van der Waals surface area contributed by atoms with Gasteiger partial charge in [-0.3, -0.25) is 14.7 Å². The van der Waals surface area contributed by atoms with E-state index in [1.807, 2.05) is 42.5 Å². The quantitative estimate of drug-likeness (QED) is 0.746. The molecule has 0 saturated carbocycles. The second kappa shape index (κ2) is 6.76. The summed E-state index contributed by atoms with van der Waals surface area (Å²) < 4.78 is 5.24. The molecule has 0 fully saturated rings. The van der Waals surface area contributed by atoms with Gasteiger partial charge in [0.1, 0.15) is 5.75 Å². The molecule has 5 nitrogen and oxygen atoms in total. The van der Waals surface area contributed by atoms with Crippen LogP contribution in [-0.4, -0.2) is 18.0 Å². The molecule has 0 spiro atoms. The lowest BCUT2D eigenvalue weighted by Crippen LogP contribution is -2.32. The van der Waals surface area contributed by atoms with Crippen LogP contribution in [0.1, 0.15) is 33.3 Å². The van der Waals surface area contributed by atoms with Gasteiger partial charge in [0.2, 0.25) is 0 Å². The highest BCUT2D eigenvalue weighted by Gasteiger charge is 2.39. The van der Waals surface area contributed by atoms with Crippen LogP contribution in [0.2, 0.25) is 0 Å². The number of nitrogens with zero attached hydrogens (tertiary/aromatic N) is 2. The Morgan fingerprint density at radius 3 is 2.56 bits per heavy atom. The standard InChI is InChI=1S/C22H21N3O2/c1-14-6-4-8-19(15(14)2)24-21-20-18(7-5-13-23-20)22(26)25(21)16-9-11-17(27-3)12-10-16/h4-13,21,24H,1-3H3. The average Bonchev–Trinajstić information content (AvgIpc) is 2.98. The number of anilines is 2. The number of carbonyl (C=O) groups excluding carboxylic acids is 1. The summed E-state index contributed by atoms with van der Waals surface area (Å²) in [7, 11) is 1.63. The Morgan fingerprint density at radius 1 is 1.04 bits per heavy atom. The highest BCUT2D eigenvalue weighted by atomic mass is 16.5. The Bertz CT molecular complexity index is 999. The van der Waals surface area contributed by atoms with Crippen LogP contribution in [0.15, 0.2) is 60.8 Å². The average molecular weight is 359 g/mol. The Hall–Kier alpha value is -3.34. The lowest BCUT2D eigenvalue weighted by atomic mass is 10.1. The van der Waals surface area contributed by atoms with Crippen molar-refractivity contribution in [2.24, 2.45) is 0 Å². The molecular formula is C22H21N3O2. The van der Waals surface area contributed by atoms with Crippen molar-refractivity contribution in [3.63, 3.8) is 0 Å². The fourth-order valence-electron chi connectivity index (χ4n) is 3.38. The van der Waals surface area contributed by atoms with E-state index in [4.69, 9.17) is 4.74 Å². The second-order valence-corrected chi connectivity index (χ2v) is 6.60. The van der Waals surface area contributed by atoms with Crippen LogP contribution >= 0.6 is 0 Å². The zero-order chi connectivity index (χ0) is 19.0. The Kier molecular flexibility index (Phi) is 4.28. The maximum absolute atomic E-state index is 13.1. The van der Waals surface area contributed by atoms with Gasteiger partial charge in [-0.2, -0.15) is 0 Å². The third-order valence-electron chi connectivity index (χ3n) is 5.05. The van der Waals surface area contributed by atoms with E-state index in [1.165, 1.54) is 5.56 Å². The molecule has 3 aromatic rings. The first-order valence-corrected chi connectivity index (χ1v) is 8.85. The number of amides is 1. The smallest absolute Gasteiger partial charge is 0.262 e. The summed E-state index contributed by atoms with van der Waals surface area (Å²) in [5, 5.41) is 3.53. The molecule has 2 heterocycles. The molecule has 27 heavy (non-hydrogen) atoms. The summed E-state index contributed by atoms with van der Waals surface area (Å²) in [6.07, 6.45) is 1.35. The number of ether oxygens (including phenoxy) is 1. The molecule has 136 valence electrons. The summed E-state index contributed by atoms with van der Waals surface area (Å²) >= 11 is 0. The van der Waals surface area contributed by atoms with Crippen molar-refractivity contribution in [2.45, 2.75) is 20.0 Å². The number of benzene rings is 2. The largest absolute Gasteiger partial charge is 0.497 e. The molecule has 1 amide bonds. The van der Waals surface area contributed by atoms with Gasteiger partial charge in [-0.15, -0.1) is 0 Å². The third-order valence-corrected chi connectivity index (χ3v) is 5.05. The molecular weight excluding hydrogens is 338 g/mol. The van der Waals surface area contributed by atoms with E-state index in [2.05, 4.69) is 30.2 Å². The molecule has 5 heteroatoms. The molecule has 1 aliphatic rings. The summed E-state index contributed by atoms with van der Waals surface area (Å²) in [4.78, 5) is 19.4. The second-order valence-electron chi connectivity index (χ2n) is 6.60. The molecule has 1 N–H and O–H groups in total. The van der Waals surface area contributed by atoms with Crippen molar-refractivity contribution in [2.75, 3.05) is 17.3 Å². The topological polar surface area (TPSA) is 54.5 Å². The molecule has 1 atom stereocenters. The van der Waals surface area contributed by atoms with Gasteiger partial charge in [0.05, 0.1) is 18.4 Å². The van der Waals surface area contributed by atoms with Crippen molar-refractivity contribution >= 4 is 17.3 Å². The van der Waals surface area contributed by atoms with Crippen LogP contribution in [0.5, 0.6) is 5.75 Å². The lowest BCUT2D eigenvalue weighted by Gasteiger charge is -2.27. The minimum absolute atomic E-state index is 0.0638. The zero-order valence-corrected chi connectivity index (χ0v) is 15.6. The molecule has 1 aliphatic heterocycles. The first-order chi connectivity index (χ1) is 13.1. The van der Waals surface area contributed by atoms with E-state index < -0.39 is 0 Å².